The minimum absolute atomic E-state index is 0.695. The van der Waals surface area contributed by atoms with Gasteiger partial charge in [-0.3, -0.25) is 0 Å². The molecule has 0 fully saturated rings. The average molecular weight is 238 g/mol. The summed E-state index contributed by atoms with van der Waals surface area (Å²) in [6.07, 6.45) is 2.44. The van der Waals surface area contributed by atoms with E-state index in [-0.39, 0.29) is 0 Å². The van der Waals surface area contributed by atoms with Gasteiger partial charge in [-0.25, -0.2) is 0 Å². The molecule has 0 saturated heterocycles. The third-order valence-electron chi connectivity index (χ3n) is 2.48. The van der Waals surface area contributed by atoms with Crippen LogP contribution in [0, 0.1) is 0 Å². The molecule has 0 aliphatic carbocycles. The molecule has 0 aromatic carbocycles. The van der Waals surface area contributed by atoms with E-state index in [9.17, 15) is 0 Å². The Morgan fingerprint density at radius 1 is 0.867 bits per heavy atom. The van der Waals surface area contributed by atoms with Crippen molar-refractivity contribution in [3.63, 3.8) is 0 Å². The van der Waals surface area contributed by atoms with Crippen molar-refractivity contribution in [3.05, 3.63) is 0 Å². The third kappa shape index (κ3) is 10.6. The summed E-state index contributed by atoms with van der Waals surface area (Å²) in [6, 6.07) is 0. The van der Waals surface area contributed by atoms with Crippen LogP contribution in [0.4, 0.5) is 0 Å². The molecule has 15 heavy (non-hydrogen) atoms. The summed E-state index contributed by atoms with van der Waals surface area (Å²) in [5.74, 6) is 0. The van der Waals surface area contributed by atoms with Crippen molar-refractivity contribution in [1.29, 1.82) is 0 Å². The second-order valence-electron chi connectivity index (χ2n) is 4.47. The Labute approximate surface area is 94.8 Å². The van der Waals surface area contributed by atoms with Gasteiger partial charge in [-0.2, -0.15) is 0 Å². The second kappa shape index (κ2) is 9.53. The summed E-state index contributed by atoms with van der Waals surface area (Å²) in [5.41, 5.74) is 0. The molecule has 94 valence electrons. The quantitative estimate of drug-likeness (QED) is 0.428. The van der Waals surface area contributed by atoms with Gasteiger partial charge in [0.15, 0.2) is 0 Å². The van der Waals surface area contributed by atoms with Gasteiger partial charge in [0.25, 0.3) is 0 Å². The van der Waals surface area contributed by atoms with Gasteiger partial charge in [-0.15, -0.1) is 0 Å². The Morgan fingerprint density at radius 2 is 1.47 bits per heavy atom. The zero-order valence-electron chi connectivity index (χ0n) is 10.7. The number of hydrogen-bond acceptors (Lipinski definition) is 3. The molecule has 0 amide bonds. The van der Waals surface area contributed by atoms with Crippen LogP contribution >= 0.6 is 7.26 Å². The first-order valence-corrected chi connectivity index (χ1v) is 9.18. The second-order valence-corrected chi connectivity index (χ2v) is 9.79. The van der Waals surface area contributed by atoms with Crippen LogP contribution in [0.25, 0.3) is 0 Å². The molecule has 0 aromatic heterocycles. The molecule has 0 atom stereocenters. The van der Waals surface area contributed by atoms with Crippen molar-refractivity contribution < 1.29 is 14.2 Å². The average Bonchev–Trinajstić information content (AvgIpc) is 2.17. The number of methoxy groups -OCH3 is 1. The van der Waals surface area contributed by atoms with E-state index >= 15 is 0 Å². The Morgan fingerprint density at radius 3 is 2.00 bits per heavy atom. The predicted octanol–water partition coefficient (Wildman–Crippen LogP) is 1.70. The van der Waals surface area contributed by atoms with Crippen molar-refractivity contribution in [3.8, 4) is 0 Å². The van der Waals surface area contributed by atoms with Crippen molar-refractivity contribution in [2.75, 3.05) is 65.8 Å². The van der Waals surface area contributed by atoms with Crippen molar-refractivity contribution in [2.45, 2.75) is 6.92 Å². The van der Waals surface area contributed by atoms with Crippen LogP contribution in [-0.4, -0.2) is 65.8 Å². The molecule has 0 rings (SSSR count). The zero-order valence-corrected chi connectivity index (χ0v) is 11.7. The molecule has 0 radical (unpaired) electrons. The first kappa shape index (κ1) is 15.3. The van der Waals surface area contributed by atoms with E-state index in [2.05, 4.69) is 13.3 Å². The summed E-state index contributed by atoms with van der Waals surface area (Å²) in [4.78, 5) is 0. The van der Waals surface area contributed by atoms with E-state index in [1.807, 2.05) is 6.92 Å². The van der Waals surface area contributed by atoms with Gasteiger partial charge in [0.05, 0.1) is 0 Å². The van der Waals surface area contributed by atoms with E-state index in [1.165, 1.54) is 12.3 Å². The summed E-state index contributed by atoms with van der Waals surface area (Å²) in [6.45, 7) is 10.9. The molecular formula is C11H27O3P. The normalized spacial score (nSPS) is 13.1. The monoisotopic (exact) mass is 238 g/mol. The first-order valence-electron chi connectivity index (χ1n) is 5.77. The Hall–Kier alpha value is 0.310. The van der Waals surface area contributed by atoms with Crippen molar-refractivity contribution in [2.24, 2.45) is 0 Å². The van der Waals surface area contributed by atoms with Crippen LogP contribution < -0.4 is 0 Å². The molecule has 0 heterocycles. The number of ether oxygens (including phenoxy) is 3. The zero-order chi connectivity index (χ0) is 11.6. The first-order chi connectivity index (χ1) is 7.12. The maximum absolute atomic E-state index is 5.49. The standard InChI is InChI=1S/C11H27O3P/c1-5-13-8-10-15(3,4)11-9-14-7-6-12-2/h15H,5-11H2,1-4H3. The molecule has 3 nitrogen and oxygen atoms in total. The number of rotatable bonds is 10. The Kier molecular flexibility index (Phi) is 9.73. The van der Waals surface area contributed by atoms with Gasteiger partial charge in [0.1, 0.15) is 0 Å². The molecule has 0 aliphatic heterocycles. The van der Waals surface area contributed by atoms with Gasteiger partial charge in [-0.05, 0) is 0 Å². The molecule has 0 bridgehead atoms. The Bertz CT molecular complexity index is 140. The van der Waals surface area contributed by atoms with Crippen molar-refractivity contribution >= 4 is 7.26 Å². The minimum atomic E-state index is -1.09. The van der Waals surface area contributed by atoms with Crippen LogP contribution in [0.3, 0.4) is 0 Å². The van der Waals surface area contributed by atoms with Crippen LogP contribution in [-0.2, 0) is 14.2 Å². The van der Waals surface area contributed by atoms with Crippen LogP contribution in [0.2, 0.25) is 0 Å². The van der Waals surface area contributed by atoms with E-state index in [4.69, 9.17) is 14.2 Å². The third-order valence-corrected chi connectivity index (χ3v) is 5.60. The number of hydrogen-bond donors (Lipinski definition) is 0. The fourth-order valence-corrected chi connectivity index (χ4v) is 2.85. The SMILES string of the molecule is CCOCC[PH](C)(C)CCOCCOC. The molecule has 4 heteroatoms. The molecule has 0 spiro atoms. The summed E-state index contributed by atoms with van der Waals surface area (Å²) >= 11 is 0. The fraction of sp³-hybridized carbons (Fsp3) is 1.00. The molecule has 0 saturated carbocycles. The van der Waals surface area contributed by atoms with Gasteiger partial charge >= 0.3 is 94.2 Å². The van der Waals surface area contributed by atoms with E-state index in [1.54, 1.807) is 7.11 Å². The van der Waals surface area contributed by atoms with Crippen LogP contribution in [0.5, 0.6) is 0 Å². The van der Waals surface area contributed by atoms with Crippen molar-refractivity contribution in [1.82, 2.24) is 0 Å². The molecule has 0 N–H and O–H groups in total. The van der Waals surface area contributed by atoms with Gasteiger partial charge in [-0.1, -0.05) is 0 Å². The molecule has 0 aromatic rings. The molecule has 0 aliphatic rings. The van der Waals surface area contributed by atoms with E-state index in [0.717, 1.165) is 19.8 Å². The summed E-state index contributed by atoms with van der Waals surface area (Å²) in [5, 5.41) is 0. The molecular weight excluding hydrogens is 211 g/mol. The Balaban J connectivity index is 3.38. The topological polar surface area (TPSA) is 27.7 Å². The van der Waals surface area contributed by atoms with E-state index in [0.29, 0.717) is 13.2 Å². The van der Waals surface area contributed by atoms with Crippen LogP contribution in [0.1, 0.15) is 6.92 Å². The van der Waals surface area contributed by atoms with Gasteiger partial charge in [0, 0.05) is 0 Å². The predicted molar refractivity (Wildman–Crippen MR) is 69.1 cm³/mol. The van der Waals surface area contributed by atoms with Crippen LogP contribution in [0.15, 0.2) is 0 Å². The van der Waals surface area contributed by atoms with Gasteiger partial charge in [0.2, 0.25) is 0 Å². The fourth-order valence-electron chi connectivity index (χ4n) is 1.21. The summed E-state index contributed by atoms with van der Waals surface area (Å²) in [7, 11) is 0.607. The summed E-state index contributed by atoms with van der Waals surface area (Å²) < 4.78 is 15.8. The molecule has 0 unspecified atom stereocenters. The van der Waals surface area contributed by atoms with Gasteiger partial charge < -0.3 is 0 Å². The maximum atomic E-state index is 5.49. The van der Waals surface area contributed by atoms with E-state index < -0.39 is 7.26 Å².